The van der Waals surface area contributed by atoms with Gasteiger partial charge in [0.2, 0.25) is 0 Å². The number of aromatic carboxylic acids is 1. The molecule has 2 aromatic rings. The molecular weight excluding hydrogens is 432 g/mol. The van der Waals surface area contributed by atoms with E-state index in [4.69, 9.17) is 0 Å². The Kier molecular flexibility index (Phi) is 4.62. The number of aromatic nitrogens is 1. The molecule has 0 unspecified atom stereocenters. The lowest BCUT2D eigenvalue weighted by molar-refractivity contribution is 0.0697. The SMILES string of the molecule is Cc1nsc(N(C)C(=O)c2cc(Br)sc2Br)c1C(=O)O. The minimum absolute atomic E-state index is 0.0660. The summed E-state index contributed by atoms with van der Waals surface area (Å²) < 4.78 is 5.52. The zero-order valence-electron chi connectivity index (χ0n) is 10.3. The third kappa shape index (κ3) is 2.80. The molecule has 0 aliphatic carbocycles. The van der Waals surface area contributed by atoms with Crippen molar-refractivity contribution in [2.75, 3.05) is 11.9 Å². The van der Waals surface area contributed by atoms with Crippen LogP contribution in [0.25, 0.3) is 0 Å². The number of carbonyl (C=O) groups excluding carboxylic acids is 1. The number of anilines is 1. The Balaban J connectivity index is 2.42. The second-order valence-corrected chi connectivity index (χ2v) is 8.36. The Morgan fingerprint density at radius 3 is 2.55 bits per heavy atom. The normalized spacial score (nSPS) is 10.6. The number of hydrogen-bond donors (Lipinski definition) is 1. The van der Waals surface area contributed by atoms with Gasteiger partial charge in [0.15, 0.2) is 0 Å². The summed E-state index contributed by atoms with van der Waals surface area (Å²) in [6.07, 6.45) is 0. The summed E-state index contributed by atoms with van der Waals surface area (Å²) in [6.45, 7) is 1.61. The highest BCUT2D eigenvalue weighted by Gasteiger charge is 2.26. The third-order valence-corrected chi connectivity index (χ3v) is 5.91. The molecular formula is C11H8Br2N2O3S2. The molecule has 20 heavy (non-hydrogen) atoms. The molecule has 1 amide bonds. The molecule has 0 saturated heterocycles. The van der Waals surface area contributed by atoms with Crippen molar-refractivity contribution in [3.05, 3.63) is 30.5 Å². The van der Waals surface area contributed by atoms with Crippen LogP contribution in [0.4, 0.5) is 5.00 Å². The summed E-state index contributed by atoms with van der Waals surface area (Å²) >= 11 is 9.02. The van der Waals surface area contributed by atoms with E-state index >= 15 is 0 Å². The maximum Gasteiger partial charge on any atom is 0.340 e. The number of hydrogen-bond acceptors (Lipinski definition) is 5. The van der Waals surface area contributed by atoms with Gasteiger partial charge in [0.05, 0.1) is 18.8 Å². The van der Waals surface area contributed by atoms with Gasteiger partial charge in [0, 0.05) is 7.05 Å². The number of carboxylic acid groups (broad SMARTS) is 1. The molecule has 0 radical (unpaired) electrons. The average Bonchev–Trinajstić information content (AvgIpc) is 2.90. The van der Waals surface area contributed by atoms with Crippen molar-refractivity contribution in [2.45, 2.75) is 6.92 Å². The van der Waals surface area contributed by atoms with Crippen LogP contribution in [0.2, 0.25) is 0 Å². The molecule has 0 aliphatic heterocycles. The molecule has 0 aliphatic rings. The van der Waals surface area contributed by atoms with E-state index in [0.29, 0.717) is 20.0 Å². The molecule has 0 fully saturated rings. The second kappa shape index (κ2) is 5.92. The summed E-state index contributed by atoms with van der Waals surface area (Å²) in [6, 6.07) is 1.70. The van der Waals surface area contributed by atoms with Crippen molar-refractivity contribution in [2.24, 2.45) is 0 Å². The van der Waals surface area contributed by atoms with Crippen LogP contribution in [0, 0.1) is 6.92 Å². The predicted octanol–water partition coefficient (Wildman–Crippen LogP) is 4.01. The maximum atomic E-state index is 12.4. The van der Waals surface area contributed by atoms with Crippen molar-refractivity contribution >= 4 is 71.6 Å². The molecule has 0 spiro atoms. The van der Waals surface area contributed by atoms with Crippen LogP contribution in [0.3, 0.4) is 0 Å². The summed E-state index contributed by atoms with van der Waals surface area (Å²) in [4.78, 5) is 25.0. The van der Waals surface area contributed by atoms with Gasteiger partial charge in [-0.15, -0.1) is 11.3 Å². The van der Waals surface area contributed by atoms with Crippen LogP contribution >= 0.6 is 54.7 Å². The summed E-state index contributed by atoms with van der Waals surface area (Å²) in [5.41, 5.74) is 0.950. The molecule has 0 saturated carbocycles. The fourth-order valence-corrected chi connectivity index (χ4v) is 5.22. The van der Waals surface area contributed by atoms with Crippen molar-refractivity contribution in [1.29, 1.82) is 0 Å². The Labute approximate surface area is 139 Å². The zero-order valence-corrected chi connectivity index (χ0v) is 15.1. The molecule has 1 N–H and O–H groups in total. The Bertz CT molecular complexity index is 696. The number of nitrogens with zero attached hydrogens (tertiary/aromatic N) is 2. The van der Waals surface area contributed by atoms with Crippen LogP contribution in [0.15, 0.2) is 13.6 Å². The van der Waals surface area contributed by atoms with Gasteiger partial charge in [0.25, 0.3) is 5.91 Å². The number of thiophene rings is 1. The minimum Gasteiger partial charge on any atom is -0.478 e. The smallest absolute Gasteiger partial charge is 0.340 e. The van der Waals surface area contributed by atoms with Crippen LogP contribution in [0.5, 0.6) is 0 Å². The quantitative estimate of drug-likeness (QED) is 0.784. The Morgan fingerprint density at radius 2 is 2.05 bits per heavy atom. The van der Waals surface area contributed by atoms with Gasteiger partial charge < -0.3 is 10.0 Å². The van der Waals surface area contributed by atoms with Crippen LogP contribution in [-0.4, -0.2) is 28.4 Å². The number of halogens is 2. The first kappa shape index (κ1) is 15.6. The van der Waals surface area contributed by atoms with Gasteiger partial charge in [-0.05, 0) is 56.4 Å². The lowest BCUT2D eigenvalue weighted by Crippen LogP contribution is -2.26. The summed E-state index contributed by atoms with van der Waals surface area (Å²) in [5, 5.41) is 9.54. The van der Waals surface area contributed by atoms with E-state index in [-0.39, 0.29) is 11.5 Å². The molecule has 0 bridgehead atoms. The predicted molar refractivity (Wildman–Crippen MR) is 86.3 cm³/mol. The molecule has 2 rings (SSSR count). The van der Waals surface area contributed by atoms with E-state index in [1.54, 1.807) is 20.0 Å². The van der Waals surface area contributed by atoms with Crippen molar-refractivity contribution in [3.8, 4) is 0 Å². The van der Waals surface area contributed by atoms with E-state index in [0.717, 1.165) is 15.3 Å². The molecule has 0 aromatic carbocycles. The van der Waals surface area contributed by atoms with Gasteiger partial charge in [-0.1, -0.05) is 0 Å². The number of carboxylic acids is 1. The van der Waals surface area contributed by atoms with E-state index in [9.17, 15) is 14.7 Å². The number of rotatable bonds is 3. The van der Waals surface area contributed by atoms with Gasteiger partial charge >= 0.3 is 5.97 Å². The van der Waals surface area contributed by atoms with Crippen molar-refractivity contribution in [1.82, 2.24) is 4.37 Å². The number of carbonyl (C=O) groups is 2. The van der Waals surface area contributed by atoms with Crippen molar-refractivity contribution in [3.63, 3.8) is 0 Å². The van der Waals surface area contributed by atoms with Crippen LogP contribution in [0.1, 0.15) is 26.4 Å². The van der Waals surface area contributed by atoms with Crippen LogP contribution in [-0.2, 0) is 0 Å². The van der Waals surface area contributed by atoms with Gasteiger partial charge in [-0.25, -0.2) is 4.79 Å². The standard InChI is InChI=1S/C11H8Br2N2O3S2/c1-4-7(11(17)18)10(20-14-4)15(2)9(16)5-3-6(12)19-8(5)13/h3H,1-2H3,(H,17,18). The fraction of sp³-hybridized carbons (Fsp3) is 0.182. The number of amides is 1. The lowest BCUT2D eigenvalue weighted by Gasteiger charge is -2.15. The van der Waals surface area contributed by atoms with Gasteiger partial charge in [-0.3, -0.25) is 4.79 Å². The Hall–Kier alpha value is -0.770. The highest BCUT2D eigenvalue weighted by molar-refractivity contribution is 9.12. The lowest BCUT2D eigenvalue weighted by atomic mass is 10.2. The number of aryl methyl sites for hydroxylation is 1. The van der Waals surface area contributed by atoms with E-state index in [2.05, 4.69) is 36.2 Å². The zero-order chi connectivity index (χ0) is 15.0. The fourth-order valence-electron chi connectivity index (χ4n) is 1.59. The first-order valence-electron chi connectivity index (χ1n) is 5.25. The molecule has 5 nitrogen and oxygen atoms in total. The summed E-state index contributed by atoms with van der Waals surface area (Å²) in [5.74, 6) is -1.37. The van der Waals surface area contributed by atoms with Gasteiger partial charge in [-0.2, -0.15) is 4.37 Å². The second-order valence-electron chi connectivity index (χ2n) is 3.86. The maximum absolute atomic E-state index is 12.4. The molecule has 2 heterocycles. The van der Waals surface area contributed by atoms with E-state index < -0.39 is 5.97 Å². The first-order valence-corrected chi connectivity index (χ1v) is 8.43. The summed E-state index contributed by atoms with van der Waals surface area (Å²) in [7, 11) is 1.54. The highest BCUT2D eigenvalue weighted by atomic mass is 79.9. The molecule has 2 aromatic heterocycles. The average molecular weight is 440 g/mol. The minimum atomic E-state index is -1.09. The van der Waals surface area contributed by atoms with E-state index in [1.807, 2.05) is 0 Å². The highest BCUT2D eigenvalue weighted by Crippen LogP contribution is 2.35. The largest absolute Gasteiger partial charge is 0.478 e. The van der Waals surface area contributed by atoms with Gasteiger partial charge in [0.1, 0.15) is 10.6 Å². The third-order valence-electron chi connectivity index (χ3n) is 2.55. The topological polar surface area (TPSA) is 70.5 Å². The first-order chi connectivity index (χ1) is 9.32. The van der Waals surface area contributed by atoms with Crippen LogP contribution < -0.4 is 4.90 Å². The molecule has 0 atom stereocenters. The van der Waals surface area contributed by atoms with Crippen molar-refractivity contribution < 1.29 is 14.7 Å². The van der Waals surface area contributed by atoms with E-state index in [1.165, 1.54) is 16.2 Å². The monoisotopic (exact) mass is 438 g/mol. The Morgan fingerprint density at radius 1 is 1.40 bits per heavy atom. The molecule has 9 heteroatoms. The molecule has 106 valence electrons.